The van der Waals surface area contributed by atoms with Gasteiger partial charge in [0.25, 0.3) is 0 Å². The smallest absolute Gasteiger partial charge is 0.242 e. The summed E-state index contributed by atoms with van der Waals surface area (Å²) in [5.74, 6) is -0.534. The van der Waals surface area contributed by atoms with Gasteiger partial charge in [-0.3, -0.25) is 19.7 Å². The Labute approximate surface area is 139 Å². The number of hydrogen-bond donors (Lipinski definition) is 4. The van der Waals surface area contributed by atoms with Gasteiger partial charge in [0.05, 0.1) is 25.2 Å². The number of aliphatic hydroxyl groups excluding tert-OH is 1. The first-order chi connectivity index (χ1) is 10.6. The normalized spacial score (nSPS) is 25.1. The highest BCUT2D eigenvalue weighted by Gasteiger charge is 2.52. The van der Waals surface area contributed by atoms with E-state index in [1.165, 1.54) is 6.92 Å². The van der Waals surface area contributed by atoms with E-state index in [4.69, 9.17) is 5.73 Å². The van der Waals surface area contributed by atoms with Crippen LogP contribution in [0.5, 0.6) is 0 Å². The van der Waals surface area contributed by atoms with Gasteiger partial charge in [0.15, 0.2) is 0 Å². The van der Waals surface area contributed by atoms with E-state index >= 15 is 0 Å². The average molecular weight is 344 g/mol. The van der Waals surface area contributed by atoms with E-state index in [9.17, 15) is 19.5 Å². The van der Waals surface area contributed by atoms with Gasteiger partial charge in [-0.1, -0.05) is 13.8 Å². The lowest BCUT2D eigenvalue weighted by atomic mass is 10.0. The molecule has 0 aliphatic carbocycles. The lowest BCUT2D eigenvalue weighted by Crippen LogP contribution is -2.69. The van der Waals surface area contributed by atoms with Crippen molar-refractivity contribution in [2.45, 2.75) is 43.8 Å². The topological polar surface area (TPSA) is 125 Å². The maximum absolute atomic E-state index is 12.2. The van der Waals surface area contributed by atoms with E-state index in [-0.39, 0.29) is 22.6 Å². The molecule has 0 radical (unpaired) electrons. The van der Waals surface area contributed by atoms with Gasteiger partial charge in [-0.05, 0) is 6.92 Å². The van der Waals surface area contributed by atoms with Gasteiger partial charge >= 0.3 is 0 Å². The van der Waals surface area contributed by atoms with Gasteiger partial charge in [-0.2, -0.15) is 0 Å². The summed E-state index contributed by atoms with van der Waals surface area (Å²) in [7, 11) is 0. The average Bonchev–Trinajstić information content (AvgIpc) is 2.86. The Hall–Kier alpha value is -1.32. The molecule has 0 unspecified atom stereocenters. The number of aliphatic hydroxyl groups is 1. The number of carbonyl (C=O) groups is 3. The molecule has 3 atom stereocenters. The molecule has 0 saturated carbocycles. The van der Waals surface area contributed by atoms with Crippen LogP contribution in [0.15, 0.2) is 0 Å². The molecule has 8 nitrogen and oxygen atoms in total. The fourth-order valence-corrected chi connectivity index (χ4v) is 4.18. The van der Waals surface area contributed by atoms with E-state index < -0.39 is 24.1 Å². The summed E-state index contributed by atoms with van der Waals surface area (Å²) in [5, 5.41) is 15.2. The van der Waals surface area contributed by atoms with Crippen LogP contribution in [0.2, 0.25) is 0 Å². The molecule has 130 valence electrons. The van der Waals surface area contributed by atoms with E-state index in [2.05, 4.69) is 10.6 Å². The molecule has 2 fully saturated rings. The molecule has 23 heavy (non-hydrogen) atoms. The van der Waals surface area contributed by atoms with E-state index in [0.29, 0.717) is 18.8 Å². The fraction of sp³-hybridized carbons (Fsp3) is 0.786. The largest absolute Gasteiger partial charge is 0.391 e. The Morgan fingerprint density at radius 1 is 1.35 bits per heavy atom. The Bertz CT molecular complexity index is 505. The molecule has 0 aromatic heterocycles. The van der Waals surface area contributed by atoms with Crippen molar-refractivity contribution in [2.75, 3.05) is 18.8 Å². The third kappa shape index (κ3) is 3.78. The second-order valence-corrected chi connectivity index (χ2v) is 7.88. The molecular formula is C14H24N4O4S. The molecule has 0 aromatic rings. The standard InChI is InChI=1S/C14H24N4O4S/c1-7(2)13(22)18-5-14(6-18)17-9(4-23-14)12(21)16-10(8(3)19)11(15)20/h7-10,17,19H,4-6H2,1-3H3,(H2,15,20)(H,16,21)/t8-,9+,10+/m1/s1. The minimum Gasteiger partial charge on any atom is -0.391 e. The molecule has 5 N–H and O–H groups in total. The number of nitrogens with zero attached hydrogens (tertiary/aromatic N) is 1. The first kappa shape index (κ1) is 18.0. The molecule has 3 amide bonds. The fourth-order valence-electron chi connectivity index (χ4n) is 2.74. The molecular weight excluding hydrogens is 320 g/mol. The number of rotatable bonds is 5. The number of amides is 3. The zero-order valence-electron chi connectivity index (χ0n) is 13.5. The van der Waals surface area contributed by atoms with E-state index in [0.717, 1.165) is 0 Å². The van der Waals surface area contributed by atoms with Crippen LogP contribution in [0, 0.1) is 5.92 Å². The van der Waals surface area contributed by atoms with Crippen LogP contribution in [0.1, 0.15) is 20.8 Å². The molecule has 2 rings (SSSR count). The van der Waals surface area contributed by atoms with E-state index in [1.54, 1.807) is 16.7 Å². The third-order valence-electron chi connectivity index (χ3n) is 4.06. The number of likely N-dealkylation sites (tertiary alicyclic amines) is 1. The number of hydrogen-bond acceptors (Lipinski definition) is 6. The maximum Gasteiger partial charge on any atom is 0.242 e. The minimum absolute atomic E-state index is 0.0415. The Balaban J connectivity index is 1.87. The predicted molar refractivity (Wildman–Crippen MR) is 86.3 cm³/mol. The van der Waals surface area contributed by atoms with Gasteiger partial charge < -0.3 is 21.1 Å². The van der Waals surface area contributed by atoms with Crippen molar-refractivity contribution in [1.29, 1.82) is 0 Å². The summed E-state index contributed by atoms with van der Waals surface area (Å²) in [4.78, 5) is 36.9. The van der Waals surface area contributed by atoms with Gasteiger partial charge in [0.1, 0.15) is 10.9 Å². The van der Waals surface area contributed by atoms with Crippen LogP contribution >= 0.6 is 11.8 Å². The Morgan fingerprint density at radius 2 is 1.96 bits per heavy atom. The van der Waals surface area contributed by atoms with Crippen LogP contribution in [0.25, 0.3) is 0 Å². The highest BCUT2D eigenvalue weighted by atomic mass is 32.2. The number of carbonyl (C=O) groups excluding carboxylic acids is 3. The van der Waals surface area contributed by atoms with Crippen molar-refractivity contribution in [3.05, 3.63) is 0 Å². The molecule has 2 aliphatic rings. The number of thioether (sulfide) groups is 1. The van der Waals surface area contributed by atoms with Crippen LogP contribution in [-0.4, -0.2) is 69.6 Å². The number of primary amides is 1. The summed E-state index contributed by atoms with van der Waals surface area (Å²) in [6, 6.07) is -1.58. The van der Waals surface area contributed by atoms with Crippen molar-refractivity contribution >= 4 is 29.5 Å². The zero-order chi connectivity index (χ0) is 17.4. The van der Waals surface area contributed by atoms with Crippen molar-refractivity contribution < 1.29 is 19.5 Å². The van der Waals surface area contributed by atoms with Crippen LogP contribution in [0.4, 0.5) is 0 Å². The summed E-state index contributed by atoms with van der Waals surface area (Å²) >= 11 is 1.60. The lowest BCUT2D eigenvalue weighted by molar-refractivity contribution is -0.140. The Kier molecular flexibility index (Phi) is 5.22. The molecule has 1 spiro atoms. The zero-order valence-corrected chi connectivity index (χ0v) is 14.4. The number of nitrogens with two attached hydrogens (primary N) is 1. The van der Waals surface area contributed by atoms with Gasteiger partial charge in [0.2, 0.25) is 17.7 Å². The SMILES string of the molecule is CC(C)C(=O)N1CC2(C1)N[C@H](C(=O)N[C@H](C(N)=O)[C@@H](C)O)CS2. The molecule has 0 bridgehead atoms. The first-order valence-corrected chi connectivity index (χ1v) is 8.62. The van der Waals surface area contributed by atoms with Crippen LogP contribution in [-0.2, 0) is 14.4 Å². The molecule has 0 aromatic carbocycles. The number of nitrogens with one attached hydrogen (secondary N) is 2. The summed E-state index contributed by atoms with van der Waals surface area (Å²) in [6.07, 6.45) is -1.05. The third-order valence-corrected chi connectivity index (χ3v) is 5.49. The van der Waals surface area contributed by atoms with Gasteiger partial charge in [-0.25, -0.2) is 0 Å². The second kappa shape index (κ2) is 6.66. The highest BCUT2D eigenvalue weighted by Crippen LogP contribution is 2.38. The van der Waals surface area contributed by atoms with Crippen molar-refractivity contribution in [1.82, 2.24) is 15.5 Å². The quantitative estimate of drug-likeness (QED) is 0.468. The highest BCUT2D eigenvalue weighted by molar-refractivity contribution is 8.01. The Morgan fingerprint density at radius 3 is 2.43 bits per heavy atom. The lowest BCUT2D eigenvalue weighted by Gasteiger charge is -2.48. The maximum atomic E-state index is 12.2. The van der Waals surface area contributed by atoms with Crippen molar-refractivity contribution in [3.63, 3.8) is 0 Å². The summed E-state index contributed by atoms with van der Waals surface area (Å²) in [6.45, 7) is 6.25. The van der Waals surface area contributed by atoms with Gasteiger partial charge in [0, 0.05) is 11.7 Å². The molecule has 2 heterocycles. The first-order valence-electron chi connectivity index (χ1n) is 7.63. The summed E-state index contributed by atoms with van der Waals surface area (Å²) < 4.78 is 0. The van der Waals surface area contributed by atoms with Crippen LogP contribution in [0.3, 0.4) is 0 Å². The predicted octanol–water partition coefficient (Wildman–Crippen LogP) is -1.76. The molecule has 2 aliphatic heterocycles. The van der Waals surface area contributed by atoms with Crippen molar-refractivity contribution in [3.8, 4) is 0 Å². The van der Waals surface area contributed by atoms with Crippen molar-refractivity contribution in [2.24, 2.45) is 11.7 Å². The second-order valence-electron chi connectivity index (χ2n) is 6.48. The minimum atomic E-state index is -1.11. The monoisotopic (exact) mass is 344 g/mol. The van der Waals surface area contributed by atoms with Crippen LogP contribution < -0.4 is 16.4 Å². The molecule has 9 heteroatoms. The molecule has 2 saturated heterocycles. The van der Waals surface area contributed by atoms with Gasteiger partial charge in [-0.15, -0.1) is 11.8 Å². The van der Waals surface area contributed by atoms with E-state index in [1.807, 2.05) is 13.8 Å². The summed E-state index contributed by atoms with van der Waals surface area (Å²) in [5.41, 5.74) is 5.17.